The average molecular weight is 721 g/mol. The monoisotopic (exact) mass is 720 g/mol. The highest BCUT2D eigenvalue weighted by Gasteiger charge is 2.26. The maximum Gasteiger partial charge on any atom is 0.407 e. The van der Waals surface area contributed by atoms with Crippen molar-refractivity contribution in [2.45, 2.75) is 77.1 Å². The summed E-state index contributed by atoms with van der Waals surface area (Å²) in [4.78, 5) is 49.9. The van der Waals surface area contributed by atoms with E-state index in [0.717, 1.165) is 27.4 Å². The van der Waals surface area contributed by atoms with Crippen LogP contribution in [0.15, 0.2) is 51.8 Å². The van der Waals surface area contributed by atoms with Crippen molar-refractivity contribution in [3.8, 4) is 0 Å². The summed E-state index contributed by atoms with van der Waals surface area (Å²) in [5.41, 5.74) is 9.24. The molecule has 0 aliphatic heterocycles. The van der Waals surface area contributed by atoms with E-state index in [1.165, 1.54) is 27.6 Å². The van der Waals surface area contributed by atoms with Gasteiger partial charge in [-0.2, -0.15) is 4.40 Å². The summed E-state index contributed by atoms with van der Waals surface area (Å²) in [5.74, 6) is -0.370. The zero-order chi connectivity index (χ0) is 35.1. The van der Waals surface area contributed by atoms with Gasteiger partial charge >= 0.3 is 12.1 Å². The fourth-order valence-corrected chi connectivity index (χ4v) is 6.37. The summed E-state index contributed by atoms with van der Waals surface area (Å²) in [7, 11) is -2.13. The van der Waals surface area contributed by atoms with Crippen molar-refractivity contribution < 1.29 is 27.5 Å². The zero-order valence-electron chi connectivity index (χ0n) is 27.5. The highest BCUT2D eigenvalue weighted by atomic mass is 32.2. The minimum atomic E-state index is -3.73. The van der Waals surface area contributed by atoms with E-state index in [9.17, 15) is 22.8 Å². The van der Waals surface area contributed by atoms with Crippen molar-refractivity contribution in [1.82, 2.24) is 30.8 Å². The van der Waals surface area contributed by atoms with Crippen LogP contribution in [0.25, 0.3) is 0 Å². The topological polar surface area (TPSA) is 198 Å². The Morgan fingerprint density at radius 1 is 1.10 bits per heavy atom. The van der Waals surface area contributed by atoms with Crippen LogP contribution >= 0.6 is 22.7 Å². The molecule has 0 spiro atoms. The predicted octanol–water partition coefficient (Wildman–Crippen LogP) is 3.76. The van der Waals surface area contributed by atoms with Gasteiger partial charge in [0.05, 0.1) is 33.9 Å². The molecule has 3 aromatic rings. The first kappa shape index (κ1) is 38.4. The first-order chi connectivity index (χ1) is 22.8. The number of amidine groups is 1. The third-order valence-electron chi connectivity index (χ3n) is 6.89. The van der Waals surface area contributed by atoms with Crippen molar-refractivity contribution in [1.29, 1.82) is 0 Å². The third kappa shape index (κ3) is 14.4. The van der Waals surface area contributed by atoms with E-state index in [1.807, 2.05) is 49.6 Å². The number of hydrogen-bond donors (Lipinski definition) is 4. The molecule has 262 valence electrons. The second kappa shape index (κ2) is 19.0. The van der Waals surface area contributed by atoms with Gasteiger partial charge in [-0.05, 0) is 31.2 Å². The van der Waals surface area contributed by atoms with Crippen LogP contribution in [0.5, 0.6) is 0 Å². The number of carbonyl (C=O) groups excluding carboxylic acids is 3. The Kier molecular flexibility index (Phi) is 15.2. The number of urea groups is 1. The first-order valence-electron chi connectivity index (χ1n) is 15.4. The lowest BCUT2D eigenvalue weighted by atomic mass is 10.0. The minimum Gasteiger partial charge on any atom is -0.444 e. The van der Waals surface area contributed by atoms with Crippen molar-refractivity contribution in [3.05, 3.63) is 68.6 Å². The van der Waals surface area contributed by atoms with Gasteiger partial charge in [0.15, 0.2) is 0 Å². The quantitative estimate of drug-likeness (QED) is 0.0859. The Hall–Kier alpha value is -4.09. The Balaban J connectivity index is 1.67. The molecule has 5 N–H and O–H groups in total. The lowest BCUT2D eigenvalue weighted by Crippen LogP contribution is -2.52. The molecule has 3 rings (SSSR count). The molecule has 0 aliphatic carbocycles. The molecule has 0 bridgehead atoms. The number of amides is 4. The van der Waals surface area contributed by atoms with Crippen molar-refractivity contribution in [3.63, 3.8) is 0 Å². The van der Waals surface area contributed by atoms with Crippen LogP contribution in [0.1, 0.15) is 66.6 Å². The lowest BCUT2D eigenvalue weighted by molar-refractivity contribution is -0.123. The third-order valence-corrected chi connectivity index (χ3v) is 9.41. The van der Waals surface area contributed by atoms with Gasteiger partial charge < -0.3 is 31.3 Å². The molecule has 0 saturated carbocycles. The van der Waals surface area contributed by atoms with Gasteiger partial charge in [-0.25, -0.2) is 23.0 Å². The Bertz CT molecular complexity index is 1600. The summed E-state index contributed by atoms with van der Waals surface area (Å²) >= 11 is 2.91. The standard InChI is InChI=1S/C31H44N8O6S3/c1-21(2)29-36-24(19-46-29)17-39(3)30(41)37-26(12-13-27(32)38-48(4,43)44)28(40)35-23(15-22-9-6-5-7-10-22)11-8-14-34-31(42)45-18-25-16-33-20-47-25/h5-7,9-10,16,19-21,23,26H,8,11-15,17-18H2,1-4H3,(H2,32,38)(H,34,42)(H,35,40)(H,37,41)/t23-,26+/m1/s1. The summed E-state index contributed by atoms with van der Waals surface area (Å²) in [6.45, 7) is 4.77. The van der Waals surface area contributed by atoms with Crippen LogP contribution in [0.4, 0.5) is 9.59 Å². The van der Waals surface area contributed by atoms with Gasteiger partial charge in [0.1, 0.15) is 18.5 Å². The summed E-state index contributed by atoms with van der Waals surface area (Å²) < 4.78 is 31.9. The van der Waals surface area contributed by atoms with Crippen LogP contribution in [-0.4, -0.2) is 79.1 Å². The lowest BCUT2D eigenvalue weighted by Gasteiger charge is -2.26. The van der Waals surface area contributed by atoms with Gasteiger partial charge in [-0.15, -0.1) is 22.7 Å². The summed E-state index contributed by atoms with van der Waals surface area (Å²) in [5, 5.41) is 11.4. The van der Waals surface area contributed by atoms with Crippen molar-refractivity contribution >= 4 is 56.6 Å². The molecule has 0 saturated heterocycles. The van der Waals surface area contributed by atoms with E-state index in [1.54, 1.807) is 18.8 Å². The summed E-state index contributed by atoms with van der Waals surface area (Å²) in [6.07, 6.45) is 3.52. The highest BCUT2D eigenvalue weighted by Crippen LogP contribution is 2.20. The Morgan fingerprint density at radius 2 is 1.85 bits per heavy atom. The molecular weight excluding hydrogens is 677 g/mol. The van der Waals surface area contributed by atoms with Gasteiger partial charge in [0, 0.05) is 43.5 Å². The zero-order valence-corrected chi connectivity index (χ0v) is 30.0. The number of sulfonamides is 1. The van der Waals surface area contributed by atoms with Crippen LogP contribution < -0.4 is 21.7 Å². The van der Waals surface area contributed by atoms with Gasteiger partial charge in [-0.3, -0.25) is 9.78 Å². The fraction of sp³-hybridized carbons (Fsp3) is 0.484. The first-order valence-corrected chi connectivity index (χ1v) is 19.0. The Morgan fingerprint density at radius 3 is 2.50 bits per heavy atom. The maximum absolute atomic E-state index is 13.7. The van der Waals surface area contributed by atoms with E-state index in [2.05, 4.69) is 30.3 Å². The number of nitrogens with two attached hydrogens (primary N) is 1. The number of carbonyl (C=O) groups is 3. The van der Waals surface area contributed by atoms with Gasteiger partial charge in [0.25, 0.3) is 10.0 Å². The van der Waals surface area contributed by atoms with Crippen molar-refractivity contribution in [2.24, 2.45) is 10.1 Å². The molecule has 2 aromatic heterocycles. The molecule has 0 unspecified atom stereocenters. The molecule has 0 radical (unpaired) electrons. The molecule has 14 nitrogen and oxygen atoms in total. The average Bonchev–Trinajstić information content (AvgIpc) is 3.72. The minimum absolute atomic E-state index is 0.00960. The number of rotatable bonds is 18. The smallest absolute Gasteiger partial charge is 0.407 e. The molecule has 0 fully saturated rings. The number of nitrogens with one attached hydrogen (secondary N) is 3. The molecule has 2 atom stereocenters. The number of ether oxygens (including phenoxy) is 1. The second-order valence-electron chi connectivity index (χ2n) is 11.6. The molecule has 2 heterocycles. The van der Waals surface area contributed by atoms with E-state index in [4.69, 9.17) is 10.5 Å². The second-order valence-corrected chi connectivity index (χ2v) is 15.1. The van der Waals surface area contributed by atoms with Crippen LogP contribution in [0, 0.1) is 0 Å². The normalized spacial score (nSPS) is 13.1. The maximum atomic E-state index is 13.7. The number of thiazole rings is 2. The Labute approximate surface area is 289 Å². The van der Waals surface area contributed by atoms with E-state index >= 15 is 0 Å². The molecule has 48 heavy (non-hydrogen) atoms. The molecule has 0 aliphatic rings. The highest BCUT2D eigenvalue weighted by molar-refractivity contribution is 7.89. The molecule has 17 heteroatoms. The van der Waals surface area contributed by atoms with Crippen LogP contribution in [0.3, 0.4) is 0 Å². The number of hydrogen-bond acceptors (Lipinski definition) is 10. The summed E-state index contributed by atoms with van der Waals surface area (Å²) in [6, 6.07) is 7.72. The van der Waals surface area contributed by atoms with Crippen LogP contribution in [0.2, 0.25) is 0 Å². The van der Waals surface area contributed by atoms with Crippen LogP contribution in [-0.2, 0) is 39.1 Å². The number of nitrogens with zero attached hydrogens (tertiary/aromatic N) is 4. The number of alkyl carbamates (subject to hydrolysis) is 1. The van der Waals surface area contributed by atoms with E-state index in [-0.39, 0.29) is 43.8 Å². The molecule has 4 amide bonds. The van der Waals surface area contributed by atoms with E-state index < -0.39 is 34.1 Å². The molecule has 1 aromatic carbocycles. The van der Waals surface area contributed by atoms with Gasteiger partial charge in [0.2, 0.25) is 5.91 Å². The number of aromatic nitrogens is 2. The SMILES string of the molecule is CC(C)c1nc(CN(C)C(=O)N[C@@H](CCC(N)=NS(C)(=O)=O)C(=O)N[C@H](CCCNC(=O)OCc2cncs2)Cc2ccccc2)cs1. The largest absolute Gasteiger partial charge is 0.444 e. The molecular formula is C31H44N8O6S3. The fourth-order valence-electron chi connectivity index (χ4n) is 4.52. The predicted molar refractivity (Wildman–Crippen MR) is 187 cm³/mol. The van der Waals surface area contributed by atoms with Gasteiger partial charge in [-0.1, -0.05) is 44.2 Å². The van der Waals surface area contributed by atoms with E-state index in [0.29, 0.717) is 25.8 Å². The van der Waals surface area contributed by atoms with Crippen molar-refractivity contribution in [2.75, 3.05) is 19.8 Å². The number of benzene rings is 1.